The summed E-state index contributed by atoms with van der Waals surface area (Å²) in [4.78, 5) is 0. The van der Waals surface area contributed by atoms with Gasteiger partial charge in [0.15, 0.2) is 0 Å². The zero-order valence-electron chi connectivity index (χ0n) is 9.33. The summed E-state index contributed by atoms with van der Waals surface area (Å²) >= 11 is 0. The van der Waals surface area contributed by atoms with Crippen molar-refractivity contribution in [1.29, 1.82) is 5.26 Å². The van der Waals surface area contributed by atoms with E-state index in [1.54, 1.807) is 19.1 Å². The van der Waals surface area contributed by atoms with Gasteiger partial charge in [0.2, 0.25) is 0 Å². The first-order valence-corrected chi connectivity index (χ1v) is 5.52. The third kappa shape index (κ3) is 1.60. The van der Waals surface area contributed by atoms with E-state index < -0.39 is 5.41 Å². The summed E-state index contributed by atoms with van der Waals surface area (Å²) in [6.07, 6.45) is 2.75. The van der Waals surface area contributed by atoms with Crippen LogP contribution in [0.1, 0.15) is 36.4 Å². The first-order valence-electron chi connectivity index (χ1n) is 5.52. The van der Waals surface area contributed by atoms with Crippen LogP contribution in [0, 0.1) is 29.5 Å². The number of nitrogens with zero attached hydrogens (tertiary/aromatic N) is 1. The molecular weight excluding hydrogens is 203 g/mol. The number of rotatable bonds is 2. The second kappa shape index (κ2) is 3.88. The summed E-state index contributed by atoms with van der Waals surface area (Å²) in [7, 11) is 0. The standard InChI is InChI=1S/C13H15FN2/c1-9-7-10(3-4-11(9)14)12(16)13(8-15)5-2-6-13/h3-4,7,12H,2,5-6,16H2,1H3. The van der Waals surface area contributed by atoms with Crippen LogP contribution in [0.2, 0.25) is 0 Å². The van der Waals surface area contributed by atoms with Gasteiger partial charge in [-0.3, -0.25) is 0 Å². The molecule has 0 amide bonds. The average Bonchev–Trinajstić information content (AvgIpc) is 2.21. The highest BCUT2D eigenvalue weighted by Crippen LogP contribution is 2.48. The monoisotopic (exact) mass is 218 g/mol. The quantitative estimate of drug-likeness (QED) is 0.829. The zero-order valence-corrected chi connectivity index (χ0v) is 9.33. The van der Waals surface area contributed by atoms with Gasteiger partial charge in [-0.05, 0) is 37.0 Å². The zero-order chi connectivity index (χ0) is 11.8. The van der Waals surface area contributed by atoms with Crippen LogP contribution in [0.5, 0.6) is 0 Å². The Kier molecular flexibility index (Phi) is 2.69. The van der Waals surface area contributed by atoms with Crippen LogP contribution in [-0.4, -0.2) is 0 Å². The van der Waals surface area contributed by atoms with Crippen molar-refractivity contribution in [1.82, 2.24) is 0 Å². The Morgan fingerprint density at radius 1 is 1.50 bits per heavy atom. The number of nitriles is 1. The van der Waals surface area contributed by atoms with Crippen molar-refractivity contribution in [2.45, 2.75) is 32.2 Å². The Balaban J connectivity index is 2.31. The first kappa shape index (κ1) is 11.1. The van der Waals surface area contributed by atoms with Crippen molar-refractivity contribution in [2.75, 3.05) is 0 Å². The van der Waals surface area contributed by atoms with Crippen molar-refractivity contribution in [2.24, 2.45) is 11.1 Å². The lowest BCUT2D eigenvalue weighted by Crippen LogP contribution is -2.39. The van der Waals surface area contributed by atoms with Crippen LogP contribution in [0.4, 0.5) is 4.39 Å². The van der Waals surface area contributed by atoms with E-state index in [-0.39, 0.29) is 11.9 Å². The highest BCUT2D eigenvalue weighted by molar-refractivity contribution is 5.30. The van der Waals surface area contributed by atoms with E-state index in [1.165, 1.54) is 6.07 Å². The van der Waals surface area contributed by atoms with Crippen LogP contribution in [-0.2, 0) is 0 Å². The number of aryl methyl sites for hydroxylation is 1. The van der Waals surface area contributed by atoms with Gasteiger partial charge in [0, 0.05) is 6.04 Å². The summed E-state index contributed by atoms with van der Waals surface area (Å²) in [5, 5.41) is 9.19. The molecule has 0 spiro atoms. The molecule has 1 unspecified atom stereocenters. The Morgan fingerprint density at radius 2 is 2.19 bits per heavy atom. The smallest absolute Gasteiger partial charge is 0.126 e. The fourth-order valence-electron chi connectivity index (χ4n) is 2.23. The van der Waals surface area contributed by atoms with E-state index in [0.717, 1.165) is 24.8 Å². The molecule has 0 radical (unpaired) electrons. The molecule has 1 aliphatic rings. The second-order valence-electron chi connectivity index (χ2n) is 4.61. The summed E-state index contributed by atoms with van der Waals surface area (Å²) in [6, 6.07) is 6.89. The van der Waals surface area contributed by atoms with Gasteiger partial charge in [0.05, 0.1) is 11.5 Å². The molecule has 1 aliphatic carbocycles. The summed E-state index contributed by atoms with van der Waals surface area (Å²) < 4.78 is 13.1. The van der Waals surface area contributed by atoms with E-state index in [0.29, 0.717) is 5.56 Å². The van der Waals surface area contributed by atoms with Crippen LogP contribution in [0.3, 0.4) is 0 Å². The first-order chi connectivity index (χ1) is 7.59. The lowest BCUT2D eigenvalue weighted by atomic mass is 9.63. The molecule has 1 aromatic carbocycles. The maximum Gasteiger partial charge on any atom is 0.126 e. The maximum atomic E-state index is 13.1. The molecule has 0 bridgehead atoms. The molecule has 0 aliphatic heterocycles. The highest BCUT2D eigenvalue weighted by Gasteiger charge is 2.43. The topological polar surface area (TPSA) is 49.8 Å². The molecule has 1 aromatic rings. The lowest BCUT2D eigenvalue weighted by molar-refractivity contribution is 0.169. The Bertz CT molecular complexity index is 444. The number of nitrogens with two attached hydrogens (primary N) is 1. The molecule has 0 saturated heterocycles. The number of hydrogen-bond donors (Lipinski definition) is 1. The van der Waals surface area contributed by atoms with Crippen molar-refractivity contribution in [3.05, 3.63) is 35.1 Å². The molecule has 16 heavy (non-hydrogen) atoms. The average molecular weight is 218 g/mol. The minimum Gasteiger partial charge on any atom is -0.323 e. The van der Waals surface area contributed by atoms with E-state index in [9.17, 15) is 9.65 Å². The Hall–Kier alpha value is -1.40. The van der Waals surface area contributed by atoms with E-state index in [2.05, 4.69) is 6.07 Å². The third-order valence-corrected chi connectivity index (χ3v) is 3.60. The largest absolute Gasteiger partial charge is 0.323 e. The number of benzene rings is 1. The number of hydrogen-bond acceptors (Lipinski definition) is 2. The minimum atomic E-state index is -0.426. The predicted octanol–water partition coefficient (Wildman–Crippen LogP) is 2.83. The molecule has 0 heterocycles. The molecule has 2 nitrogen and oxygen atoms in total. The number of halogens is 1. The molecule has 1 fully saturated rings. The molecular formula is C13H15FN2. The summed E-state index contributed by atoms with van der Waals surface area (Å²) in [5.41, 5.74) is 7.14. The van der Waals surface area contributed by atoms with Gasteiger partial charge in [0.25, 0.3) is 0 Å². The fourth-order valence-corrected chi connectivity index (χ4v) is 2.23. The van der Waals surface area contributed by atoms with E-state index in [1.807, 2.05) is 0 Å². The SMILES string of the molecule is Cc1cc(C(N)C2(C#N)CCC2)ccc1F. The minimum absolute atomic E-state index is 0.226. The maximum absolute atomic E-state index is 13.1. The van der Waals surface area contributed by atoms with Crippen molar-refractivity contribution in [3.63, 3.8) is 0 Å². The van der Waals surface area contributed by atoms with Gasteiger partial charge in [-0.25, -0.2) is 4.39 Å². The Labute approximate surface area is 94.9 Å². The second-order valence-corrected chi connectivity index (χ2v) is 4.61. The van der Waals surface area contributed by atoms with Gasteiger partial charge in [-0.2, -0.15) is 5.26 Å². The molecule has 1 saturated carbocycles. The lowest BCUT2D eigenvalue weighted by Gasteiger charge is -2.40. The molecule has 3 heteroatoms. The third-order valence-electron chi connectivity index (χ3n) is 3.60. The summed E-state index contributed by atoms with van der Waals surface area (Å²) in [5.74, 6) is -0.226. The molecule has 0 aromatic heterocycles. The van der Waals surface area contributed by atoms with Gasteiger partial charge < -0.3 is 5.73 Å². The predicted molar refractivity (Wildman–Crippen MR) is 60.0 cm³/mol. The summed E-state index contributed by atoms with van der Waals surface area (Å²) in [6.45, 7) is 1.71. The molecule has 1 atom stereocenters. The molecule has 2 N–H and O–H groups in total. The van der Waals surface area contributed by atoms with Crippen molar-refractivity contribution in [3.8, 4) is 6.07 Å². The fraction of sp³-hybridized carbons (Fsp3) is 0.462. The molecule has 2 rings (SSSR count). The van der Waals surface area contributed by atoms with Gasteiger partial charge in [0.1, 0.15) is 5.82 Å². The van der Waals surface area contributed by atoms with Crippen molar-refractivity contribution >= 4 is 0 Å². The highest BCUT2D eigenvalue weighted by atomic mass is 19.1. The van der Waals surface area contributed by atoms with Crippen LogP contribution < -0.4 is 5.73 Å². The van der Waals surface area contributed by atoms with Gasteiger partial charge >= 0.3 is 0 Å². The van der Waals surface area contributed by atoms with Crippen molar-refractivity contribution < 1.29 is 4.39 Å². The normalized spacial score (nSPS) is 19.6. The van der Waals surface area contributed by atoms with Gasteiger partial charge in [-0.15, -0.1) is 0 Å². The van der Waals surface area contributed by atoms with Crippen LogP contribution >= 0.6 is 0 Å². The van der Waals surface area contributed by atoms with E-state index in [4.69, 9.17) is 5.73 Å². The molecule has 84 valence electrons. The van der Waals surface area contributed by atoms with Crippen LogP contribution in [0.15, 0.2) is 18.2 Å². The Morgan fingerprint density at radius 3 is 2.62 bits per heavy atom. The van der Waals surface area contributed by atoms with Gasteiger partial charge in [-0.1, -0.05) is 18.6 Å². The van der Waals surface area contributed by atoms with E-state index >= 15 is 0 Å². The van der Waals surface area contributed by atoms with Crippen LogP contribution in [0.25, 0.3) is 0 Å².